The monoisotopic (exact) mass is 387 g/mol. The predicted molar refractivity (Wildman–Crippen MR) is 110 cm³/mol. The number of rotatable bonds is 7. The first-order chi connectivity index (χ1) is 14.2. The summed E-state index contributed by atoms with van der Waals surface area (Å²) < 4.78 is 15.0. The fraction of sp³-hybridized carbons (Fsp3) is 0.136. The lowest BCUT2D eigenvalue weighted by atomic mass is 10.1. The van der Waals surface area contributed by atoms with Crippen molar-refractivity contribution in [2.45, 2.75) is 13.5 Å². The molecule has 4 rings (SSSR count). The van der Waals surface area contributed by atoms with Crippen LogP contribution >= 0.6 is 0 Å². The Hall–Kier alpha value is -3.87. The third-order valence-corrected chi connectivity index (χ3v) is 4.50. The molecule has 0 aliphatic carbocycles. The van der Waals surface area contributed by atoms with Gasteiger partial charge < -0.3 is 14.0 Å². The van der Waals surface area contributed by atoms with E-state index in [-0.39, 0.29) is 0 Å². The molecular weight excluding hydrogens is 366 g/mol. The highest BCUT2D eigenvalue weighted by atomic mass is 16.5. The summed E-state index contributed by atoms with van der Waals surface area (Å²) in [5.74, 6) is 1.56. The summed E-state index contributed by atoms with van der Waals surface area (Å²) in [6, 6.07) is 17.6. The van der Waals surface area contributed by atoms with Crippen molar-refractivity contribution in [3.05, 3.63) is 90.8 Å². The molecule has 2 aromatic carbocycles. The van der Waals surface area contributed by atoms with Crippen molar-refractivity contribution in [3.8, 4) is 11.4 Å². The van der Waals surface area contributed by atoms with Crippen LogP contribution in [0.4, 0.5) is 0 Å². The number of ether oxygens (including phenoxy) is 2. The van der Waals surface area contributed by atoms with Crippen molar-refractivity contribution in [1.29, 1.82) is 0 Å². The van der Waals surface area contributed by atoms with Gasteiger partial charge >= 0.3 is 0 Å². The molecule has 0 radical (unpaired) electrons. The van der Waals surface area contributed by atoms with Gasteiger partial charge in [0.1, 0.15) is 23.8 Å². The molecule has 7 heteroatoms. The van der Waals surface area contributed by atoms with E-state index < -0.39 is 0 Å². The second-order valence-corrected chi connectivity index (χ2v) is 6.39. The zero-order valence-corrected chi connectivity index (χ0v) is 16.3. The molecule has 0 aliphatic rings. The number of aromatic nitrogens is 5. The Morgan fingerprint density at radius 2 is 1.83 bits per heavy atom. The molecule has 146 valence electrons. The summed E-state index contributed by atoms with van der Waals surface area (Å²) in [6.07, 6.45) is 7.24. The predicted octanol–water partition coefficient (Wildman–Crippen LogP) is 4.03. The van der Waals surface area contributed by atoms with Gasteiger partial charge in [0.15, 0.2) is 0 Å². The highest BCUT2D eigenvalue weighted by Crippen LogP contribution is 2.24. The van der Waals surface area contributed by atoms with Gasteiger partial charge in [-0.05, 0) is 31.2 Å². The molecule has 29 heavy (non-hydrogen) atoms. The van der Waals surface area contributed by atoms with E-state index in [1.54, 1.807) is 24.3 Å². The summed E-state index contributed by atoms with van der Waals surface area (Å²) in [7, 11) is 1.64. The first-order valence-corrected chi connectivity index (χ1v) is 9.17. The Morgan fingerprint density at radius 1 is 1.03 bits per heavy atom. The first-order valence-electron chi connectivity index (χ1n) is 9.17. The lowest BCUT2D eigenvalue weighted by molar-refractivity contribution is 0.260. The van der Waals surface area contributed by atoms with E-state index in [2.05, 4.69) is 15.3 Å². The highest BCUT2D eigenvalue weighted by molar-refractivity contribution is 5.77. The molecule has 0 amide bonds. The van der Waals surface area contributed by atoms with Gasteiger partial charge in [0.05, 0.1) is 31.0 Å². The van der Waals surface area contributed by atoms with Gasteiger partial charge in [0.2, 0.25) is 0 Å². The van der Waals surface area contributed by atoms with Crippen molar-refractivity contribution < 1.29 is 9.47 Å². The average molecular weight is 387 g/mol. The Kier molecular flexibility index (Phi) is 5.38. The minimum absolute atomic E-state index is 0.298. The first kappa shape index (κ1) is 18.5. The fourth-order valence-electron chi connectivity index (χ4n) is 2.93. The van der Waals surface area contributed by atoms with Crippen LogP contribution in [0.15, 0.2) is 79.5 Å². The van der Waals surface area contributed by atoms with E-state index in [9.17, 15) is 0 Å². The van der Waals surface area contributed by atoms with Crippen molar-refractivity contribution in [2.75, 3.05) is 7.11 Å². The molecule has 2 aromatic heterocycles. The third-order valence-electron chi connectivity index (χ3n) is 4.50. The highest BCUT2D eigenvalue weighted by Gasteiger charge is 2.11. The van der Waals surface area contributed by atoms with Gasteiger partial charge in [-0.25, -0.2) is 9.67 Å². The van der Waals surface area contributed by atoms with Gasteiger partial charge in [-0.3, -0.25) is 0 Å². The maximum Gasteiger partial charge on any atom is 0.146 e. The summed E-state index contributed by atoms with van der Waals surface area (Å²) in [5.41, 5.74) is 3.56. The average Bonchev–Trinajstić information content (AvgIpc) is 3.47. The summed E-state index contributed by atoms with van der Waals surface area (Å²) in [4.78, 5) is 4.13. The van der Waals surface area contributed by atoms with Crippen molar-refractivity contribution in [2.24, 2.45) is 0 Å². The van der Waals surface area contributed by atoms with E-state index in [1.807, 2.05) is 78.5 Å². The van der Waals surface area contributed by atoms with Crippen LogP contribution < -0.4 is 4.74 Å². The second kappa shape index (κ2) is 8.43. The topological polar surface area (TPSA) is 67.0 Å². The van der Waals surface area contributed by atoms with E-state index in [4.69, 9.17) is 9.47 Å². The van der Waals surface area contributed by atoms with E-state index in [0.717, 1.165) is 34.2 Å². The second-order valence-electron chi connectivity index (χ2n) is 6.39. The number of methoxy groups -OCH3 is 1. The molecule has 0 atom stereocenters. The summed E-state index contributed by atoms with van der Waals surface area (Å²) >= 11 is 0. The van der Waals surface area contributed by atoms with Gasteiger partial charge in [-0.2, -0.15) is 0 Å². The molecule has 7 nitrogen and oxygen atoms in total. The molecule has 4 aromatic rings. The van der Waals surface area contributed by atoms with Crippen LogP contribution in [0.1, 0.15) is 18.2 Å². The maximum atomic E-state index is 6.18. The van der Waals surface area contributed by atoms with E-state index in [0.29, 0.717) is 6.61 Å². The minimum Gasteiger partial charge on any atom is -0.497 e. The van der Waals surface area contributed by atoms with Crippen molar-refractivity contribution >= 4 is 11.5 Å². The Morgan fingerprint density at radius 3 is 2.52 bits per heavy atom. The van der Waals surface area contributed by atoms with Crippen LogP contribution in [0.3, 0.4) is 0 Å². The smallest absolute Gasteiger partial charge is 0.146 e. The largest absolute Gasteiger partial charge is 0.497 e. The zero-order chi connectivity index (χ0) is 20.1. The van der Waals surface area contributed by atoms with Crippen molar-refractivity contribution in [1.82, 2.24) is 24.5 Å². The Bertz CT molecular complexity index is 1080. The van der Waals surface area contributed by atoms with E-state index >= 15 is 0 Å². The number of allylic oxidation sites excluding steroid dienone is 1. The molecule has 0 N–H and O–H groups in total. The number of benzene rings is 2. The standard InChI is InChI=1S/C22H21N5O2/c1-17(26-13-12-23-16-26)22(18-6-4-3-5-7-18)29-15-19-14-27(25-24-19)20-8-10-21(28-2)11-9-20/h3-14,16H,15H2,1-2H3/b22-17-. The lowest BCUT2D eigenvalue weighted by Crippen LogP contribution is -2.01. The van der Waals surface area contributed by atoms with Crippen LogP contribution in [0.5, 0.6) is 5.75 Å². The molecule has 2 heterocycles. The summed E-state index contributed by atoms with van der Waals surface area (Å²) in [6.45, 7) is 2.30. The van der Waals surface area contributed by atoms with Crippen LogP contribution in [-0.2, 0) is 11.3 Å². The lowest BCUT2D eigenvalue weighted by Gasteiger charge is -2.14. The quantitative estimate of drug-likeness (QED) is 0.448. The van der Waals surface area contributed by atoms with Crippen molar-refractivity contribution in [3.63, 3.8) is 0 Å². The van der Waals surface area contributed by atoms with Crippen LogP contribution in [-0.4, -0.2) is 31.7 Å². The number of hydrogen-bond acceptors (Lipinski definition) is 5. The minimum atomic E-state index is 0.298. The van der Waals surface area contributed by atoms with Crippen LogP contribution in [0.25, 0.3) is 17.1 Å². The van der Waals surface area contributed by atoms with Crippen LogP contribution in [0, 0.1) is 0 Å². The SMILES string of the molecule is COc1ccc(-n2cc(CO/C(=C(/C)n3ccnc3)c3ccccc3)nn2)cc1. The summed E-state index contributed by atoms with van der Waals surface area (Å²) in [5, 5.41) is 8.44. The Labute approximate surface area is 168 Å². The number of imidazole rings is 1. The van der Waals surface area contributed by atoms with Gasteiger partial charge in [-0.15, -0.1) is 5.10 Å². The molecule has 0 saturated carbocycles. The third kappa shape index (κ3) is 4.19. The molecular formula is C22H21N5O2. The van der Waals surface area contributed by atoms with Gasteiger partial charge in [0.25, 0.3) is 0 Å². The van der Waals surface area contributed by atoms with E-state index in [1.165, 1.54) is 0 Å². The van der Waals surface area contributed by atoms with Crippen LogP contribution in [0.2, 0.25) is 0 Å². The van der Waals surface area contributed by atoms with Gasteiger partial charge in [0, 0.05) is 18.0 Å². The zero-order valence-electron chi connectivity index (χ0n) is 16.3. The maximum absolute atomic E-state index is 6.18. The number of nitrogens with zero attached hydrogens (tertiary/aromatic N) is 5. The molecule has 0 bridgehead atoms. The molecule has 0 spiro atoms. The molecule has 0 fully saturated rings. The molecule has 0 unspecified atom stereocenters. The number of hydrogen-bond donors (Lipinski definition) is 0. The fourth-order valence-corrected chi connectivity index (χ4v) is 2.93. The normalized spacial score (nSPS) is 11.8. The molecule has 0 saturated heterocycles. The molecule has 0 aliphatic heterocycles. The Balaban J connectivity index is 1.55. The van der Waals surface area contributed by atoms with Gasteiger partial charge in [-0.1, -0.05) is 35.5 Å².